The average molecular weight is 277 g/mol. The summed E-state index contributed by atoms with van der Waals surface area (Å²) in [6, 6.07) is 4.70. The van der Waals surface area contributed by atoms with Crippen LogP contribution in [0.4, 0.5) is 5.69 Å². The van der Waals surface area contributed by atoms with Crippen LogP contribution in [0.3, 0.4) is 0 Å². The first kappa shape index (κ1) is 13.8. The molecule has 5 nitrogen and oxygen atoms in total. The molecule has 0 saturated heterocycles. The van der Waals surface area contributed by atoms with Gasteiger partial charge in [-0.05, 0) is 12.1 Å². The molecule has 0 bridgehead atoms. The topological polar surface area (TPSA) is 89.3 Å². The third kappa shape index (κ3) is 4.24. The van der Waals surface area contributed by atoms with Gasteiger partial charge in [0.05, 0.1) is 22.0 Å². The molecule has 0 aromatic heterocycles. The Labute approximate surface area is 105 Å². The Balaban J connectivity index is 2.68. The summed E-state index contributed by atoms with van der Waals surface area (Å²) in [5, 5.41) is 2.76. The summed E-state index contributed by atoms with van der Waals surface area (Å²) in [5.74, 6) is -0.548. The van der Waals surface area contributed by atoms with Gasteiger partial charge in [0, 0.05) is 12.8 Å². The van der Waals surface area contributed by atoms with Gasteiger partial charge in [0.2, 0.25) is 0 Å². The molecule has 1 aromatic rings. The van der Waals surface area contributed by atoms with Crippen LogP contribution in [0.5, 0.6) is 0 Å². The number of rotatable bonds is 4. The number of nitrogens with one attached hydrogen (secondary N) is 1. The summed E-state index contributed by atoms with van der Waals surface area (Å²) in [7, 11) is -3.09. The number of nitrogen functional groups attached to an aromatic ring is 1. The Morgan fingerprint density at radius 1 is 1.47 bits per heavy atom. The van der Waals surface area contributed by atoms with Gasteiger partial charge in [0.1, 0.15) is 9.84 Å². The second-order valence-corrected chi connectivity index (χ2v) is 6.25. The normalized spacial score (nSPS) is 11.2. The molecule has 0 aliphatic heterocycles. The van der Waals surface area contributed by atoms with E-state index in [0.717, 1.165) is 6.26 Å². The first-order valence-electron chi connectivity index (χ1n) is 4.81. The molecule has 17 heavy (non-hydrogen) atoms. The smallest absolute Gasteiger partial charge is 0.253 e. The predicted octanol–water partition coefficient (Wildman–Crippen LogP) is 0.697. The molecule has 1 rings (SSSR count). The molecular weight excluding hydrogens is 264 g/mol. The summed E-state index contributed by atoms with van der Waals surface area (Å²) >= 11 is 5.76. The Morgan fingerprint density at radius 2 is 2.12 bits per heavy atom. The quantitative estimate of drug-likeness (QED) is 0.792. The first-order chi connectivity index (χ1) is 7.81. The van der Waals surface area contributed by atoms with E-state index in [1.165, 1.54) is 6.07 Å². The monoisotopic (exact) mass is 276 g/mol. The average Bonchev–Trinajstić information content (AvgIpc) is 2.20. The Bertz CT molecular complexity index is 528. The van der Waals surface area contributed by atoms with Crippen LogP contribution in [0.1, 0.15) is 10.4 Å². The van der Waals surface area contributed by atoms with Crippen LogP contribution < -0.4 is 11.1 Å². The molecule has 1 amide bonds. The highest BCUT2D eigenvalue weighted by Gasteiger charge is 2.11. The number of carbonyl (C=O) groups excluding carboxylic acids is 1. The van der Waals surface area contributed by atoms with E-state index in [9.17, 15) is 13.2 Å². The molecule has 0 fully saturated rings. The van der Waals surface area contributed by atoms with Crippen molar-refractivity contribution in [2.45, 2.75) is 0 Å². The van der Waals surface area contributed by atoms with Crippen molar-refractivity contribution in [2.24, 2.45) is 0 Å². The molecule has 0 unspecified atom stereocenters. The summed E-state index contributed by atoms with van der Waals surface area (Å²) in [5.41, 5.74) is 6.06. The van der Waals surface area contributed by atoms with Crippen molar-refractivity contribution >= 4 is 33.0 Å². The van der Waals surface area contributed by atoms with Gasteiger partial charge in [-0.2, -0.15) is 0 Å². The van der Waals surface area contributed by atoms with E-state index < -0.39 is 15.7 Å². The molecular formula is C10H13ClN2O3S. The lowest BCUT2D eigenvalue weighted by atomic mass is 10.1. The number of nitrogens with two attached hydrogens (primary N) is 1. The second-order valence-electron chi connectivity index (χ2n) is 3.59. The van der Waals surface area contributed by atoms with E-state index >= 15 is 0 Å². The summed E-state index contributed by atoms with van der Waals surface area (Å²) in [6.45, 7) is 0.0453. The Morgan fingerprint density at radius 3 is 2.71 bits per heavy atom. The lowest BCUT2D eigenvalue weighted by Gasteiger charge is -2.07. The summed E-state index contributed by atoms with van der Waals surface area (Å²) in [6.07, 6.45) is 1.10. The summed E-state index contributed by atoms with van der Waals surface area (Å²) in [4.78, 5) is 11.7. The van der Waals surface area contributed by atoms with E-state index in [0.29, 0.717) is 5.02 Å². The van der Waals surface area contributed by atoms with Gasteiger partial charge in [0.15, 0.2) is 0 Å². The second kappa shape index (κ2) is 5.37. The third-order valence-corrected chi connectivity index (χ3v) is 3.33. The number of anilines is 1. The molecule has 7 heteroatoms. The van der Waals surface area contributed by atoms with Crippen molar-refractivity contribution in [1.29, 1.82) is 0 Å². The number of hydrogen-bond acceptors (Lipinski definition) is 4. The fourth-order valence-electron chi connectivity index (χ4n) is 1.18. The van der Waals surface area contributed by atoms with Crippen LogP contribution >= 0.6 is 11.6 Å². The highest BCUT2D eigenvalue weighted by molar-refractivity contribution is 7.90. The minimum atomic E-state index is -3.09. The van der Waals surface area contributed by atoms with Gasteiger partial charge in [-0.3, -0.25) is 4.79 Å². The van der Waals surface area contributed by atoms with Crippen molar-refractivity contribution in [3.05, 3.63) is 28.8 Å². The number of benzene rings is 1. The van der Waals surface area contributed by atoms with Gasteiger partial charge in [-0.15, -0.1) is 0 Å². The highest BCUT2D eigenvalue weighted by atomic mass is 35.5. The zero-order chi connectivity index (χ0) is 13.1. The number of para-hydroxylation sites is 1. The Kier molecular flexibility index (Phi) is 4.36. The van der Waals surface area contributed by atoms with Gasteiger partial charge < -0.3 is 11.1 Å². The van der Waals surface area contributed by atoms with E-state index in [1.54, 1.807) is 12.1 Å². The van der Waals surface area contributed by atoms with E-state index in [1.807, 2.05) is 0 Å². The third-order valence-electron chi connectivity index (χ3n) is 2.06. The van der Waals surface area contributed by atoms with Crippen molar-refractivity contribution in [1.82, 2.24) is 5.32 Å². The molecule has 94 valence electrons. The van der Waals surface area contributed by atoms with E-state index in [-0.39, 0.29) is 23.5 Å². The molecule has 0 aliphatic carbocycles. The fourth-order valence-corrected chi connectivity index (χ4v) is 1.83. The van der Waals surface area contributed by atoms with Crippen molar-refractivity contribution in [3.8, 4) is 0 Å². The maximum Gasteiger partial charge on any atom is 0.253 e. The number of amides is 1. The van der Waals surface area contributed by atoms with Crippen LogP contribution in [-0.2, 0) is 9.84 Å². The standard InChI is InChI=1S/C10H13ClN2O3S/c1-17(15,16)6-5-13-10(14)7-3-2-4-8(11)9(7)12/h2-4H,5-6,12H2,1H3,(H,13,14). The van der Waals surface area contributed by atoms with Gasteiger partial charge in [-0.1, -0.05) is 17.7 Å². The van der Waals surface area contributed by atoms with E-state index in [4.69, 9.17) is 17.3 Å². The largest absolute Gasteiger partial charge is 0.397 e. The maximum atomic E-state index is 11.7. The summed E-state index contributed by atoms with van der Waals surface area (Å²) < 4.78 is 21.7. The molecule has 0 heterocycles. The van der Waals surface area contributed by atoms with Gasteiger partial charge >= 0.3 is 0 Å². The number of sulfone groups is 1. The zero-order valence-electron chi connectivity index (χ0n) is 9.23. The molecule has 0 atom stereocenters. The first-order valence-corrected chi connectivity index (χ1v) is 7.25. The van der Waals surface area contributed by atoms with E-state index in [2.05, 4.69) is 5.32 Å². The Hall–Kier alpha value is -1.27. The predicted molar refractivity (Wildman–Crippen MR) is 67.9 cm³/mol. The number of hydrogen-bond donors (Lipinski definition) is 2. The zero-order valence-corrected chi connectivity index (χ0v) is 10.8. The van der Waals surface area contributed by atoms with Crippen molar-refractivity contribution in [2.75, 3.05) is 24.3 Å². The SMILES string of the molecule is CS(=O)(=O)CCNC(=O)c1cccc(Cl)c1N. The van der Waals surface area contributed by atoms with Crippen LogP contribution in [0.25, 0.3) is 0 Å². The van der Waals surface area contributed by atoms with Crippen LogP contribution in [-0.4, -0.2) is 32.9 Å². The molecule has 0 aliphatic rings. The molecule has 0 saturated carbocycles. The number of carbonyl (C=O) groups is 1. The molecule has 0 radical (unpaired) electrons. The van der Waals surface area contributed by atoms with Gasteiger partial charge in [0.25, 0.3) is 5.91 Å². The lowest BCUT2D eigenvalue weighted by molar-refractivity contribution is 0.0957. The molecule has 1 aromatic carbocycles. The molecule has 3 N–H and O–H groups in total. The molecule has 0 spiro atoms. The fraction of sp³-hybridized carbons (Fsp3) is 0.300. The minimum absolute atomic E-state index is 0.0453. The maximum absolute atomic E-state index is 11.7. The van der Waals surface area contributed by atoms with Crippen LogP contribution in [0.15, 0.2) is 18.2 Å². The van der Waals surface area contributed by atoms with Crippen molar-refractivity contribution < 1.29 is 13.2 Å². The highest BCUT2D eigenvalue weighted by Crippen LogP contribution is 2.21. The van der Waals surface area contributed by atoms with Crippen LogP contribution in [0.2, 0.25) is 5.02 Å². The van der Waals surface area contributed by atoms with Crippen molar-refractivity contribution in [3.63, 3.8) is 0 Å². The lowest BCUT2D eigenvalue weighted by Crippen LogP contribution is -2.29. The van der Waals surface area contributed by atoms with Crippen LogP contribution in [0, 0.1) is 0 Å². The minimum Gasteiger partial charge on any atom is -0.397 e. The number of halogens is 1. The van der Waals surface area contributed by atoms with Gasteiger partial charge in [-0.25, -0.2) is 8.42 Å².